The van der Waals surface area contributed by atoms with Gasteiger partial charge in [-0.2, -0.15) is 0 Å². The largest absolute Gasteiger partial charge is 0.480 e. The number of nitrogens with one attached hydrogen (secondary N) is 1. The molecule has 1 aromatic rings. The van der Waals surface area contributed by atoms with E-state index in [0.29, 0.717) is 38.8 Å². The van der Waals surface area contributed by atoms with Crippen LogP contribution in [0.4, 0.5) is 0 Å². The van der Waals surface area contributed by atoms with Crippen molar-refractivity contribution in [2.75, 3.05) is 19.7 Å². The van der Waals surface area contributed by atoms with Crippen LogP contribution in [-0.4, -0.2) is 70.8 Å². The number of amides is 1. The van der Waals surface area contributed by atoms with Crippen LogP contribution in [0, 0.1) is 0 Å². The molecule has 2 saturated heterocycles. The number of carbonyl (C=O) groups excluding carboxylic acids is 2. The molecule has 3 atom stereocenters. The molecule has 1 aromatic carbocycles. The van der Waals surface area contributed by atoms with Gasteiger partial charge in [0, 0.05) is 13.1 Å². The molecule has 3 rings (SSSR count). The van der Waals surface area contributed by atoms with Crippen LogP contribution in [0.3, 0.4) is 0 Å². The number of esters is 1. The highest BCUT2D eigenvalue weighted by molar-refractivity contribution is 5.87. The third-order valence-electron chi connectivity index (χ3n) is 5.75. The van der Waals surface area contributed by atoms with Gasteiger partial charge in [-0.15, -0.1) is 0 Å². The highest BCUT2D eigenvalue weighted by Gasteiger charge is 2.42. The molecule has 164 valence electrons. The zero-order chi connectivity index (χ0) is 21.5. The van der Waals surface area contributed by atoms with Crippen LogP contribution in [0.2, 0.25) is 0 Å². The van der Waals surface area contributed by atoms with Gasteiger partial charge in [0.1, 0.15) is 12.1 Å². The number of fused-ring (bicyclic) bond motifs is 1. The Kier molecular flexibility index (Phi) is 7.81. The summed E-state index contributed by atoms with van der Waals surface area (Å²) in [5.41, 5.74) is 1.11. The predicted octanol–water partition coefficient (Wildman–Crippen LogP) is 1.60. The minimum absolute atomic E-state index is 0.266. The van der Waals surface area contributed by atoms with Gasteiger partial charge in [0.2, 0.25) is 0 Å². The molecule has 2 fully saturated rings. The quantitative estimate of drug-likeness (QED) is 0.620. The van der Waals surface area contributed by atoms with Crippen LogP contribution in [0.25, 0.3) is 0 Å². The molecule has 0 spiro atoms. The van der Waals surface area contributed by atoms with Crippen molar-refractivity contribution in [1.29, 1.82) is 0 Å². The fourth-order valence-electron chi connectivity index (χ4n) is 4.26. The number of carboxylic acid groups (broad SMARTS) is 1. The second kappa shape index (κ2) is 10.5. The number of rotatable bonds is 8. The number of aryl methyl sites for hydroxylation is 1. The number of nitrogens with zero attached hydrogens (tertiary/aromatic N) is 2. The van der Waals surface area contributed by atoms with Gasteiger partial charge in [0.15, 0.2) is 0 Å². The topological polar surface area (TPSA) is 99.2 Å². The van der Waals surface area contributed by atoms with Gasteiger partial charge < -0.3 is 9.84 Å². The first-order chi connectivity index (χ1) is 14.5. The van der Waals surface area contributed by atoms with Gasteiger partial charge >= 0.3 is 11.9 Å². The lowest BCUT2D eigenvalue weighted by atomic mass is 10.0. The molecule has 1 amide bonds. The number of carbonyl (C=O) groups is 3. The van der Waals surface area contributed by atoms with Gasteiger partial charge in [-0.1, -0.05) is 30.3 Å². The molecule has 8 heteroatoms. The van der Waals surface area contributed by atoms with Gasteiger partial charge in [-0.25, -0.2) is 9.80 Å². The van der Waals surface area contributed by atoms with E-state index < -0.39 is 24.1 Å². The fourth-order valence-corrected chi connectivity index (χ4v) is 4.26. The van der Waals surface area contributed by atoms with E-state index in [4.69, 9.17) is 4.74 Å². The molecule has 2 N–H and O–H groups in total. The lowest BCUT2D eigenvalue weighted by molar-refractivity contribution is -0.174. The van der Waals surface area contributed by atoms with Gasteiger partial charge in [0.05, 0.1) is 12.6 Å². The third-order valence-corrected chi connectivity index (χ3v) is 5.75. The maximum Gasteiger partial charge on any atom is 0.328 e. The Morgan fingerprint density at radius 3 is 2.57 bits per heavy atom. The Morgan fingerprint density at radius 2 is 1.90 bits per heavy atom. The van der Waals surface area contributed by atoms with Gasteiger partial charge in [0.25, 0.3) is 5.91 Å². The molecular formula is C22H31N3O5. The molecular weight excluding hydrogens is 386 g/mol. The number of ether oxygens (including phenoxy) is 1. The van der Waals surface area contributed by atoms with Crippen LogP contribution in [0.5, 0.6) is 0 Å². The van der Waals surface area contributed by atoms with Gasteiger partial charge in [-0.3, -0.25) is 19.9 Å². The molecule has 8 nitrogen and oxygen atoms in total. The number of carboxylic acids is 1. The number of hydrogen-bond donors (Lipinski definition) is 2. The SMILES string of the molecule is CCOC(=O)[C@H](CCc1ccccc1)N[C@@H]1CCCN2CCC[C@@H](C(=O)O)N2C1=O. The van der Waals surface area contributed by atoms with E-state index in [9.17, 15) is 19.5 Å². The lowest BCUT2D eigenvalue weighted by Crippen LogP contribution is -2.61. The molecule has 2 aliphatic rings. The number of hydrogen-bond acceptors (Lipinski definition) is 6. The Hall–Kier alpha value is -2.45. The average Bonchev–Trinajstić information content (AvgIpc) is 2.90. The molecule has 0 bridgehead atoms. The van der Waals surface area contributed by atoms with Crippen molar-refractivity contribution in [3.05, 3.63) is 35.9 Å². The number of hydrazine groups is 1. The summed E-state index contributed by atoms with van der Waals surface area (Å²) in [5.74, 6) is -1.64. The van der Waals surface area contributed by atoms with Crippen molar-refractivity contribution < 1.29 is 24.2 Å². The van der Waals surface area contributed by atoms with Crippen molar-refractivity contribution in [1.82, 2.24) is 15.3 Å². The summed E-state index contributed by atoms with van der Waals surface area (Å²) in [4.78, 5) is 37.6. The first kappa shape index (κ1) is 22.2. The monoisotopic (exact) mass is 417 g/mol. The molecule has 0 radical (unpaired) electrons. The Labute approximate surface area is 177 Å². The Balaban J connectivity index is 1.73. The summed E-state index contributed by atoms with van der Waals surface area (Å²) in [6.45, 7) is 3.34. The minimum Gasteiger partial charge on any atom is -0.480 e. The summed E-state index contributed by atoms with van der Waals surface area (Å²) >= 11 is 0. The summed E-state index contributed by atoms with van der Waals surface area (Å²) in [6, 6.07) is 7.77. The van der Waals surface area contributed by atoms with E-state index in [-0.39, 0.29) is 18.5 Å². The predicted molar refractivity (Wildman–Crippen MR) is 110 cm³/mol. The number of benzene rings is 1. The van der Waals surface area contributed by atoms with Crippen LogP contribution < -0.4 is 5.32 Å². The third kappa shape index (κ3) is 5.37. The maximum atomic E-state index is 13.3. The summed E-state index contributed by atoms with van der Waals surface area (Å²) in [7, 11) is 0. The van der Waals surface area contributed by atoms with Gasteiger partial charge in [-0.05, 0) is 51.0 Å². The summed E-state index contributed by atoms with van der Waals surface area (Å²) in [5, 5.41) is 16.1. The fraction of sp³-hybridized carbons (Fsp3) is 0.591. The smallest absolute Gasteiger partial charge is 0.328 e. The van der Waals surface area contributed by atoms with Crippen molar-refractivity contribution in [3.63, 3.8) is 0 Å². The molecule has 0 saturated carbocycles. The van der Waals surface area contributed by atoms with E-state index in [1.54, 1.807) is 6.92 Å². The second-order valence-electron chi connectivity index (χ2n) is 7.82. The van der Waals surface area contributed by atoms with Crippen molar-refractivity contribution >= 4 is 17.8 Å². The molecule has 0 aromatic heterocycles. The second-order valence-corrected chi connectivity index (χ2v) is 7.82. The van der Waals surface area contributed by atoms with E-state index in [2.05, 4.69) is 5.32 Å². The highest BCUT2D eigenvalue weighted by atomic mass is 16.5. The number of aliphatic carboxylic acids is 1. The lowest BCUT2D eigenvalue weighted by Gasteiger charge is -2.42. The van der Waals surface area contributed by atoms with Crippen molar-refractivity contribution in [3.8, 4) is 0 Å². The van der Waals surface area contributed by atoms with E-state index in [1.807, 2.05) is 35.3 Å². The van der Waals surface area contributed by atoms with Crippen LogP contribution >= 0.6 is 0 Å². The minimum atomic E-state index is -0.986. The summed E-state index contributed by atoms with van der Waals surface area (Å²) < 4.78 is 5.24. The Morgan fingerprint density at radius 1 is 1.20 bits per heavy atom. The zero-order valence-corrected chi connectivity index (χ0v) is 17.5. The van der Waals surface area contributed by atoms with Crippen molar-refractivity contribution in [2.45, 2.75) is 63.6 Å². The van der Waals surface area contributed by atoms with Crippen LogP contribution in [-0.2, 0) is 25.5 Å². The normalized spacial score (nSPS) is 23.4. The average molecular weight is 418 g/mol. The summed E-state index contributed by atoms with van der Waals surface area (Å²) in [6.07, 6.45) is 3.67. The first-order valence-electron chi connectivity index (χ1n) is 10.8. The zero-order valence-electron chi connectivity index (χ0n) is 17.5. The van der Waals surface area contributed by atoms with E-state index in [0.717, 1.165) is 18.4 Å². The standard InChI is InChI=1S/C22H31N3O5/c1-2-30-22(29)18(13-12-16-8-4-3-5-9-16)23-17-10-6-14-24-15-7-11-19(21(27)28)25(24)20(17)26/h3-5,8-9,17-19,23H,2,6-7,10-15H2,1H3,(H,27,28)/t17-,18+,19+/m1/s1. The van der Waals surface area contributed by atoms with E-state index in [1.165, 1.54) is 5.01 Å². The Bertz CT molecular complexity index is 742. The van der Waals surface area contributed by atoms with Crippen molar-refractivity contribution in [2.24, 2.45) is 0 Å². The first-order valence-corrected chi connectivity index (χ1v) is 10.8. The highest BCUT2D eigenvalue weighted by Crippen LogP contribution is 2.24. The van der Waals surface area contributed by atoms with Crippen LogP contribution in [0.1, 0.15) is 44.6 Å². The molecule has 2 aliphatic heterocycles. The molecule has 2 heterocycles. The van der Waals surface area contributed by atoms with Crippen LogP contribution in [0.15, 0.2) is 30.3 Å². The molecule has 0 aliphatic carbocycles. The molecule has 30 heavy (non-hydrogen) atoms. The van der Waals surface area contributed by atoms with E-state index >= 15 is 0 Å². The molecule has 0 unspecified atom stereocenters. The maximum absolute atomic E-state index is 13.3.